The standard InChI is InChI=1S/C21H28N8O/c1-22-18-17-19(24-13-23-17)27-21(26-18)25-16-6-4-5-14(11-16)12-29-9-7-15(8-10-29)20(30)28(2)3/h4-6,11,13,15H,7-10,12H2,1-3H3,(H3,22,23,24,25,26,27). The van der Waals surface area contributed by atoms with Crippen molar-refractivity contribution < 1.29 is 4.79 Å². The summed E-state index contributed by atoms with van der Waals surface area (Å²) in [5.41, 5.74) is 3.55. The highest BCUT2D eigenvalue weighted by molar-refractivity contribution is 5.84. The molecule has 1 fully saturated rings. The topological polar surface area (TPSA) is 102 Å². The molecule has 0 unspecified atom stereocenters. The Labute approximate surface area is 175 Å². The highest BCUT2D eigenvalue weighted by Gasteiger charge is 2.25. The molecule has 0 radical (unpaired) electrons. The number of fused-ring (bicyclic) bond motifs is 1. The van der Waals surface area contributed by atoms with Crippen LogP contribution in [-0.4, -0.2) is 69.9 Å². The summed E-state index contributed by atoms with van der Waals surface area (Å²) in [4.78, 5) is 32.6. The van der Waals surface area contributed by atoms with E-state index in [2.05, 4.69) is 47.6 Å². The molecule has 3 N–H and O–H groups in total. The van der Waals surface area contributed by atoms with Crippen LogP contribution < -0.4 is 10.6 Å². The fraction of sp³-hybridized carbons (Fsp3) is 0.429. The molecule has 3 aromatic rings. The first kappa shape index (κ1) is 20.1. The molecule has 1 aliphatic rings. The molecule has 1 aromatic carbocycles. The summed E-state index contributed by atoms with van der Waals surface area (Å²) in [6.45, 7) is 2.73. The van der Waals surface area contributed by atoms with Gasteiger partial charge in [0.15, 0.2) is 11.5 Å². The predicted molar refractivity (Wildman–Crippen MR) is 118 cm³/mol. The van der Waals surface area contributed by atoms with Gasteiger partial charge in [-0.3, -0.25) is 9.69 Å². The van der Waals surface area contributed by atoms with Gasteiger partial charge in [-0.1, -0.05) is 12.1 Å². The molecule has 0 saturated carbocycles. The van der Waals surface area contributed by atoms with Gasteiger partial charge in [-0.15, -0.1) is 0 Å². The van der Waals surface area contributed by atoms with E-state index in [1.54, 1.807) is 11.2 Å². The second kappa shape index (κ2) is 8.66. The zero-order chi connectivity index (χ0) is 21.1. The van der Waals surface area contributed by atoms with Gasteiger partial charge in [-0.05, 0) is 43.6 Å². The van der Waals surface area contributed by atoms with E-state index in [1.807, 2.05) is 33.3 Å². The number of aromatic amines is 1. The van der Waals surface area contributed by atoms with Crippen molar-refractivity contribution >= 4 is 34.5 Å². The number of anilines is 3. The molecule has 30 heavy (non-hydrogen) atoms. The minimum atomic E-state index is 0.153. The lowest BCUT2D eigenvalue weighted by Crippen LogP contribution is -2.39. The van der Waals surface area contributed by atoms with Crippen molar-refractivity contribution in [3.63, 3.8) is 0 Å². The first-order valence-electron chi connectivity index (χ1n) is 10.2. The first-order chi connectivity index (χ1) is 14.5. The molecule has 9 nitrogen and oxygen atoms in total. The van der Waals surface area contributed by atoms with Crippen LogP contribution in [0.5, 0.6) is 0 Å². The molecule has 9 heteroatoms. The summed E-state index contributed by atoms with van der Waals surface area (Å²) in [6, 6.07) is 8.28. The molecular weight excluding hydrogens is 380 g/mol. The van der Waals surface area contributed by atoms with Crippen LogP contribution in [0.4, 0.5) is 17.5 Å². The highest BCUT2D eigenvalue weighted by Crippen LogP contribution is 2.23. The molecule has 4 rings (SSSR count). The van der Waals surface area contributed by atoms with E-state index < -0.39 is 0 Å². The number of H-pyrrole nitrogens is 1. The number of nitrogens with one attached hydrogen (secondary N) is 3. The maximum absolute atomic E-state index is 12.2. The summed E-state index contributed by atoms with van der Waals surface area (Å²) in [7, 11) is 5.49. The van der Waals surface area contributed by atoms with Crippen LogP contribution in [0, 0.1) is 5.92 Å². The first-order valence-corrected chi connectivity index (χ1v) is 10.2. The number of aromatic nitrogens is 4. The number of amides is 1. The van der Waals surface area contributed by atoms with E-state index in [0.717, 1.165) is 43.7 Å². The maximum atomic E-state index is 12.2. The van der Waals surface area contributed by atoms with Crippen LogP contribution in [-0.2, 0) is 11.3 Å². The number of hydrogen-bond acceptors (Lipinski definition) is 7. The Hall–Kier alpha value is -3.20. The monoisotopic (exact) mass is 408 g/mol. The normalized spacial score (nSPS) is 15.3. The molecule has 0 atom stereocenters. The summed E-state index contributed by atoms with van der Waals surface area (Å²) in [5.74, 6) is 1.60. The average molecular weight is 409 g/mol. The van der Waals surface area contributed by atoms with Crippen LogP contribution in [0.15, 0.2) is 30.6 Å². The number of rotatable bonds is 6. The molecule has 0 spiro atoms. The number of imidazole rings is 1. The maximum Gasteiger partial charge on any atom is 0.231 e. The fourth-order valence-corrected chi connectivity index (χ4v) is 3.91. The van der Waals surface area contributed by atoms with Crippen LogP contribution in [0.3, 0.4) is 0 Å². The van der Waals surface area contributed by atoms with Gasteiger partial charge in [-0.2, -0.15) is 9.97 Å². The molecule has 0 aliphatic carbocycles. The van der Waals surface area contributed by atoms with Crippen LogP contribution in [0.2, 0.25) is 0 Å². The number of hydrogen-bond donors (Lipinski definition) is 3. The average Bonchev–Trinajstić information content (AvgIpc) is 3.22. The molecule has 158 valence electrons. The van der Waals surface area contributed by atoms with Gasteiger partial charge in [0.05, 0.1) is 6.33 Å². The number of carbonyl (C=O) groups excluding carboxylic acids is 1. The van der Waals surface area contributed by atoms with E-state index in [9.17, 15) is 4.79 Å². The van der Waals surface area contributed by atoms with Crippen LogP contribution >= 0.6 is 0 Å². The Kier molecular flexibility index (Phi) is 5.80. The SMILES string of the molecule is CNc1nc(Nc2cccc(CN3CCC(C(=O)N(C)C)CC3)c2)nc2nc[nH]c12. The highest BCUT2D eigenvalue weighted by atomic mass is 16.2. The van der Waals surface area contributed by atoms with E-state index in [0.29, 0.717) is 17.4 Å². The molecule has 1 aliphatic heterocycles. The van der Waals surface area contributed by atoms with Crippen molar-refractivity contribution in [1.82, 2.24) is 29.7 Å². The smallest absolute Gasteiger partial charge is 0.231 e. The summed E-state index contributed by atoms with van der Waals surface area (Å²) >= 11 is 0. The predicted octanol–water partition coefficient (Wildman–Crippen LogP) is 2.44. The largest absolute Gasteiger partial charge is 0.371 e. The van der Waals surface area contributed by atoms with Crippen LogP contribution in [0.25, 0.3) is 11.2 Å². The van der Waals surface area contributed by atoms with Crippen molar-refractivity contribution in [3.8, 4) is 0 Å². The third kappa shape index (κ3) is 4.35. The third-order valence-electron chi connectivity index (χ3n) is 5.49. The van der Waals surface area contributed by atoms with Crippen molar-refractivity contribution in [1.29, 1.82) is 0 Å². The van der Waals surface area contributed by atoms with E-state index in [-0.39, 0.29) is 11.8 Å². The molecule has 2 aromatic heterocycles. The van der Waals surface area contributed by atoms with Crippen molar-refractivity contribution in [2.24, 2.45) is 5.92 Å². The lowest BCUT2D eigenvalue weighted by molar-refractivity contribution is -0.134. The van der Waals surface area contributed by atoms with Crippen molar-refractivity contribution in [3.05, 3.63) is 36.2 Å². The zero-order valence-electron chi connectivity index (χ0n) is 17.6. The Morgan fingerprint density at radius 3 is 2.80 bits per heavy atom. The summed E-state index contributed by atoms with van der Waals surface area (Å²) < 4.78 is 0. The number of piperidine rings is 1. The second-order valence-electron chi connectivity index (χ2n) is 7.86. The van der Waals surface area contributed by atoms with Gasteiger partial charge < -0.3 is 20.5 Å². The Morgan fingerprint density at radius 2 is 2.07 bits per heavy atom. The lowest BCUT2D eigenvalue weighted by atomic mass is 9.95. The number of likely N-dealkylation sites (tertiary alicyclic amines) is 1. The fourth-order valence-electron chi connectivity index (χ4n) is 3.91. The minimum absolute atomic E-state index is 0.153. The zero-order valence-corrected chi connectivity index (χ0v) is 17.6. The van der Waals surface area contributed by atoms with Gasteiger partial charge in [0.25, 0.3) is 0 Å². The lowest BCUT2D eigenvalue weighted by Gasteiger charge is -2.32. The third-order valence-corrected chi connectivity index (χ3v) is 5.49. The van der Waals surface area contributed by atoms with Gasteiger partial charge in [0, 0.05) is 39.3 Å². The Balaban J connectivity index is 1.41. The quantitative estimate of drug-likeness (QED) is 0.576. The second-order valence-corrected chi connectivity index (χ2v) is 7.86. The Bertz CT molecular complexity index is 1020. The van der Waals surface area contributed by atoms with E-state index in [1.165, 1.54) is 5.56 Å². The van der Waals surface area contributed by atoms with E-state index >= 15 is 0 Å². The Morgan fingerprint density at radius 1 is 1.27 bits per heavy atom. The molecule has 0 bridgehead atoms. The number of carbonyl (C=O) groups is 1. The summed E-state index contributed by atoms with van der Waals surface area (Å²) in [6.07, 6.45) is 3.44. The minimum Gasteiger partial charge on any atom is -0.371 e. The van der Waals surface area contributed by atoms with Gasteiger partial charge in [0.2, 0.25) is 11.9 Å². The van der Waals surface area contributed by atoms with Crippen molar-refractivity contribution in [2.45, 2.75) is 19.4 Å². The number of benzene rings is 1. The molecular formula is C21H28N8O. The number of nitrogens with zero attached hydrogens (tertiary/aromatic N) is 5. The van der Waals surface area contributed by atoms with E-state index in [4.69, 9.17) is 0 Å². The van der Waals surface area contributed by atoms with Gasteiger partial charge in [0.1, 0.15) is 5.52 Å². The van der Waals surface area contributed by atoms with Crippen LogP contribution in [0.1, 0.15) is 18.4 Å². The molecule has 1 saturated heterocycles. The van der Waals surface area contributed by atoms with Gasteiger partial charge in [-0.25, -0.2) is 4.98 Å². The van der Waals surface area contributed by atoms with Crippen molar-refractivity contribution in [2.75, 3.05) is 44.9 Å². The van der Waals surface area contributed by atoms with Gasteiger partial charge >= 0.3 is 0 Å². The summed E-state index contributed by atoms with van der Waals surface area (Å²) in [5, 5.41) is 6.36. The molecule has 3 heterocycles. The molecule has 1 amide bonds.